The van der Waals surface area contributed by atoms with Crippen LogP contribution in [0.1, 0.15) is 20.8 Å². The Labute approximate surface area is 144 Å². The van der Waals surface area contributed by atoms with Crippen molar-refractivity contribution in [1.29, 1.82) is 0 Å². The first-order chi connectivity index (χ1) is 10.8. The maximum atomic E-state index is 12.7. The number of ether oxygens (including phenoxy) is 1. The van der Waals surface area contributed by atoms with Gasteiger partial charge in [-0.15, -0.1) is 0 Å². The topological polar surface area (TPSA) is 31.2 Å². The van der Waals surface area contributed by atoms with E-state index in [4.69, 9.17) is 4.74 Å². The van der Waals surface area contributed by atoms with Gasteiger partial charge in [0.2, 0.25) is 0 Å². The summed E-state index contributed by atoms with van der Waals surface area (Å²) in [6, 6.07) is 17.7. The van der Waals surface area contributed by atoms with Gasteiger partial charge < -0.3 is 4.74 Å². The normalized spacial score (nSPS) is 11.7. The molecule has 0 saturated carbocycles. The van der Waals surface area contributed by atoms with Crippen molar-refractivity contribution >= 4 is 32.9 Å². The fraction of sp³-hybridized carbons (Fsp3) is 0.211. The largest absolute Gasteiger partial charge is 0.443 e. The highest BCUT2D eigenvalue weighted by Crippen LogP contribution is 2.31. The van der Waals surface area contributed by atoms with E-state index in [2.05, 4.69) is 15.9 Å². The zero-order chi connectivity index (χ0) is 16.6. The second-order valence-corrected chi connectivity index (χ2v) is 7.33. The van der Waals surface area contributed by atoms with Gasteiger partial charge in [0, 0.05) is 9.86 Å². The molecule has 3 nitrogen and oxygen atoms in total. The maximum absolute atomic E-state index is 12.7. The van der Waals surface area contributed by atoms with Gasteiger partial charge in [0.15, 0.2) is 0 Å². The number of aromatic nitrogens is 1. The van der Waals surface area contributed by atoms with Crippen molar-refractivity contribution in [2.24, 2.45) is 0 Å². The standard InChI is InChI=1S/C19H18BrNO2/c1-19(2,3)23-18(22)21-16-10-9-15(20)11-14(16)12-17(21)13-7-5-4-6-8-13/h4-12H,1-3H3. The highest BCUT2D eigenvalue weighted by Gasteiger charge is 2.22. The predicted octanol–water partition coefficient (Wildman–Crippen LogP) is 5.85. The number of fused-ring (bicyclic) bond motifs is 1. The van der Waals surface area contributed by atoms with Crippen molar-refractivity contribution in [3.8, 4) is 11.3 Å². The van der Waals surface area contributed by atoms with Crippen LogP contribution in [0.4, 0.5) is 4.79 Å². The van der Waals surface area contributed by atoms with Gasteiger partial charge >= 0.3 is 6.09 Å². The van der Waals surface area contributed by atoms with Crippen LogP contribution in [0.25, 0.3) is 22.2 Å². The van der Waals surface area contributed by atoms with Crippen LogP contribution in [-0.4, -0.2) is 16.3 Å². The molecule has 2 aromatic carbocycles. The SMILES string of the molecule is CC(C)(C)OC(=O)n1c(-c2ccccc2)cc2cc(Br)ccc21. The zero-order valence-electron chi connectivity index (χ0n) is 13.3. The summed E-state index contributed by atoms with van der Waals surface area (Å²) in [6.45, 7) is 5.61. The molecule has 0 radical (unpaired) electrons. The molecule has 0 atom stereocenters. The second kappa shape index (κ2) is 5.85. The van der Waals surface area contributed by atoms with Crippen LogP contribution in [0.2, 0.25) is 0 Å². The quantitative estimate of drug-likeness (QED) is 0.536. The van der Waals surface area contributed by atoms with Crippen LogP contribution in [0.5, 0.6) is 0 Å². The molecule has 23 heavy (non-hydrogen) atoms. The molecule has 118 valence electrons. The van der Waals surface area contributed by atoms with Crippen molar-refractivity contribution in [2.45, 2.75) is 26.4 Å². The van der Waals surface area contributed by atoms with Crippen LogP contribution in [0, 0.1) is 0 Å². The lowest BCUT2D eigenvalue weighted by Crippen LogP contribution is -2.27. The lowest BCUT2D eigenvalue weighted by Gasteiger charge is -2.21. The van der Waals surface area contributed by atoms with Crippen LogP contribution < -0.4 is 0 Å². The Bertz CT molecular complexity index is 860. The number of hydrogen-bond donors (Lipinski definition) is 0. The molecule has 0 fully saturated rings. The molecule has 0 unspecified atom stereocenters. The van der Waals surface area contributed by atoms with E-state index in [-0.39, 0.29) is 6.09 Å². The predicted molar refractivity (Wildman–Crippen MR) is 96.7 cm³/mol. The number of rotatable bonds is 1. The minimum absolute atomic E-state index is 0.367. The summed E-state index contributed by atoms with van der Waals surface area (Å²) in [7, 11) is 0. The molecule has 4 heteroatoms. The fourth-order valence-electron chi connectivity index (χ4n) is 2.51. The van der Waals surface area contributed by atoms with Gasteiger partial charge in [0.05, 0.1) is 11.2 Å². The summed E-state index contributed by atoms with van der Waals surface area (Å²) in [5, 5.41) is 0.990. The molecular weight excluding hydrogens is 354 g/mol. The summed E-state index contributed by atoms with van der Waals surface area (Å²) >= 11 is 3.48. The lowest BCUT2D eigenvalue weighted by molar-refractivity contribution is 0.0547. The van der Waals surface area contributed by atoms with Crippen molar-refractivity contribution in [2.75, 3.05) is 0 Å². The number of nitrogens with zero attached hydrogens (tertiary/aromatic N) is 1. The monoisotopic (exact) mass is 371 g/mol. The Morgan fingerprint density at radius 3 is 2.39 bits per heavy atom. The van der Waals surface area contributed by atoms with Crippen LogP contribution >= 0.6 is 15.9 Å². The van der Waals surface area contributed by atoms with Gasteiger partial charge in [-0.05, 0) is 50.6 Å². The Hall–Kier alpha value is -2.07. The summed E-state index contributed by atoms with van der Waals surface area (Å²) in [6.07, 6.45) is -0.367. The van der Waals surface area contributed by atoms with Gasteiger partial charge in [-0.2, -0.15) is 0 Å². The van der Waals surface area contributed by atoms with Crippen molar-refractivity contribution in [3.05, 3.63) is 59.1 Å². The first-order valence-corrected chi connectivity index (χ1v) is 8.24. The molecule has 0 spiro atoms. The Kier molecular flexibility index (Phi) is 4.02. The van der Waals surface area contributed by atoms with E-state index in [0.29, 0.717) is 0 Å². The molecule has 0 amide bonds. The van der Waals surface area contributed by atoms with Crippen molar-refractivity contribution in [3.63, 3.8) is 0 Å². The Balaban J connectivity index is 2.22. The molecular formula is C19H18BrNO2. The zero-order valence-corrected chi connectivity index (χ0v) is 14.9. The van der Waals surface area contributed by atoms with E-state index in [1.54, 1.807) is 4.57 Å². The molecule has 0 N–H and O–H groups in total. The van der Waals surface area contributed by atoms with Crippen molar-refractivity contribution < 1.29 is 9.53 Å². The number of carbonyl (C=O) groups is 1. The highest BCUT2D eigenvalue weighted by molar-refractivity contribution is 9.10. The van der Waals surface area contributed by atoms with E-state index >= 15 is 0 Å². The first kappa shape index (κ1) is 15.8. The first-order valence-electron chi connectivity index (χ1n) is 7.45. The molecule has 1 heterocycles. The molecule has 0 saturated heterocycles. The lowest BCUT2D eigenvalue weighted by atomic mass is 10.1. The average Bonchev–Trinajstić information content (AvgIpc) is 2.85. The summed E-state index contributed by atoms with van der Waals surface area (Å²) in [5.41, 5.74) is 2.09. The Morgan fingerprint density at radius 2 is 1.74 bits per heavy atom. The summed E-state index contributed by atoms with van der Waals surface area (Å²) in [4.78, 5) is 12.7. The van der Waals surface area contributed by atoms with Gasteiger partial charge in [-0.1, -0.05) is 46.3 Å². The van der Waals surface area contributed by atoms with E-state index in [9.17, 15) is 4.79 Å². The highest BCUT2D eigenvalue weighted by atomic mass is 79.9. The minimum atomic E-state index is -0.545. The molecule has 0 aliphatic carbocycles. The summed E-state index contributed by atoms with van der Waals surface area (Å²) < 4.78 is 8.21. The maximum Gasteiger partial charge on any atom is 0.419 e. The third-order valence-electron chi connectivity index (χ3n) is 3.41. The molecule has 1 aromatic heterocycles. The van der Waals surface area contributed by atoms with E-state index in [1.165, 1.54) is 0 Å². The van der Waals surface area contributed by atoms with Gasteiger partial charge in [0.1, 0.15) is 5.60 Å². The minimum Gasteiger partial charge on any atom is -0.443 e. The molecule has 3 aromatic rings. The number of hydrogen-bond acceptors (Lipinski definition) is 2. The van der Waals surface area contributed by atoms with Gasteiger partial charge in [0.25, 0.3) is 0 Å². The van der Waals surface area contributed by atoms with Gasteiger partial charge in [-0.25, -0.2) is 9.36 Å². The molecule has 0 aliphatic heterocycles. The second-order valence-electron chi connectivity index (χ2n) is 6.41. The van der Waals surface area contributed by atoms with E-state index in [0.717, 1.165) is 26.6 Å². The fourth-order valence-corrected chi connectivity index (χ4v) is 2.89. The van der Waals surface area contributed by atoms with Crippen LogP contribution in [-0.2, 0) is 4.74 Å². The van der Waals surface area contributed by atoms with Crippen LogP contribution in [0.3, 0.4) is 0 Å². The van der Waals surface area contributed by atoms with E-state index < -0.39 is 5.60 Å². The number of carbonyl (C=O) groups excluding carboxylic acids is 1. The van der Waals surface area contributed by atoms with Gasteiger partial charge in [-0.3, -0.25) is 0 Å². The molecule has 0 bridgehead atoms. The average molecular weight is 372 g/mol. The molecule has 3 rings (SSSR count). The number of benzene rings is 2. The van der Waals surface area contributed by atoms with Crippen molar-refractivity contribution in [1.82, 2.24) is 4.57 Å². The summed E-state index contributed by atoms with van der Waals surface area (Å²) in [5.74, 6) is 0. The smallest absolute Gasteiger partial charge is 0.419 e. The Morgan fingerprint density at radius 1 is 1.04 bits per heavy atom. The third-order valence-corrected chi connectivity index (χ3v) is 3.90. The third kappa shape index (κ3) is 3.32. The van der Waals surface area contributed by atoms with E-state index in [1.807, 2.05) is 75.4 Å². The van der Waals surface area contributed by atoms with Crippen LogP contribution in [0.15, 0.2) is 59.1 Å². The number of halogens is 1. The molecule has 0 aliphatic rings.